The number of phenolic OH excluding ortho intramolecular Hbond substituents is 1. The van der Waals surface area contributed by atoms with Crippen LogP contribution in [0.2, 0.25) is 0 Å². The van der Waals surface area contributed by atoms with Crippen LogP contribution >= 0.6 is 0 Å². The van der Waals surface area contributed by atoms with E-state index >= 15 is 0 Å². The molecule has 3 heteroatoms. The fraction of sp³-hybridized carbons (Fsp3) is 0.520. The van der Waals surface area contributed by atoms with Gasteiger partial charge in [-0.25, -0.2) is 0 Å². The van der Waals surface area contributed by atoms with E-state index < -0.39 is 0 Å². The first-order valence-corrected chi connectivity index (χ1v) is 10.8. The van der Waals surface area contributed by atoms with Gasteiger partial charge in [0, 0.05) is 17.1 Å². The number of para-hydroxylation sites is 1. The zero-order chi connectivity index (χ0) is 19.5. The number of likely N-dealkylation sites (N-methyl/N-ethyl adjacent to an activating group) is 1. The number of likely N-dealkylation sites (tertiary alicyclic amines) is 1. The van der Waals surface area contributed by atoms with Gasteiger partial charge < -0.3 is 15.3 Å². The van der Waals surface area contributed by atoms with Gasteiger partial charge in [0.05, 0.1) is 5.69 Å². The maximum absolute atomic E-state index is 11.0. The summed E-state index contributed by atoms with van der Waals surface area (Å²) in [6.45, 7) is 5.80. The molecule has 3 aliphatic rings. The van der Waals surface area contributed by atoms with E-state index in [-0.39, 0.29) is 5.41 Å². The summed E-state index contributed by atoms with van der Waals surface area (Å²) in [5.41, 5.74) is 6.51. The zero-order valence-electron chi connectivity index (χ0n) is 17.4. The van der Waals surface area contributed by atoms with Gasteiger partial charge in [-0.3, -0.25) is 0 Å². The Bertz CT molecular complexity index is 923. The molecule has 2 bridgehead atoms. The highest BCUT2D eigenvalue weighted by atomic mass is 16.3. The molecule has 1 saturated carbocycles. The standard InChI is InChI=1S/C25H32N2O/c1-17-8-4-5-9-20(17)26-21-14-18-15-23-24(2)10-6-7-11-25(24,12-13-27(23)3)19(18)16-22(21)28/h4-5,8-9,14,16,23,26,28H,6-7,10-13,15H2,1-3H3/t23-,24+,25+/m0/s1. The number of nitrogens with zero attached hydrogens (tertiary/aromatic N) is 1. The second kappa shape index (κ2) is 6.25. The largest absolute Gasteiger partial charge is 0.506 e. The number of hydrogen-bond donors (Lipinski definition) is 2. The summed E-state index contributed by atoms with van der Waals surface area (Å²) in [6.07, 6.45) is 7.54. The fourth-order valence-electron chi connectivity index (χ4n) is 6.72. The molecule has 2 fully saturated rings. The molecule has 3 atom stereocenters. The van der Waals surface area contributed by atoms with Gasteiger partial charge in [0.25, 0.3) is 0 Å². The Morgan fingerprint density at radius 3 is 2.68 bits per heavy atom. The Morgan fingerprint density at radius 1 is 1.07 bits per heavy atom. The van der Waals surface area contributed by atoms with E-state index in [4.69, 9.17) is 0 Å². The molecule has 148 valence electrons. The number of phenols is 1. The molecule has 1 aliphatic heterocycles. The molecule has 3 nitrogen and oxygen atoms in total. The quantitative estimate of drug-likeness (QED) is 0.677. The Balaban J connectivity index is 1.62. The summed E-state index contributed by atoms with van der Waals surface area (Å²) in [5.74, 6) is 0.390. The number of nitrogens with one attached hydrogen (secondary N) is 1. The van der Waals surface area contributed by atoms with Crippen molar-refractivity contribution in [3.05, 3.63) is 53.1 Å². The number of benzene rings is 2. The minimum Gasteiger partial charge on any atom is -0.506 e. The van der Waals surface area contributed by atoms with Crippen LogP contribution in [-0.2, 0) is 11.8 Å². The van der Waals surface area contributed by atoms with Crippen LogP contribution in [0.4, 0.5) is 11.4 Å². The molecule has 1 saturated heterocycles. The summed E-state index contributed by atoms with van der Waals surface area (Å²) < 4.78 is 0. The number of aromatic hydroxyl groups is 1. The van der Waals surface area contributed by atoms with Gasteiger partial charge in [-0.1, -0.05) is 38.0 Å². The van der Waals surface area contributed by atoms with E-state index in [1.54, 1.807) is 0 Å². The van der Waals surface area contributed by atoms with Gasteiger partial charge in [-0.15, -0.1) is 0 Å². The van der Waals surface area contributed by atoms with Gasteiger partial charge in [-0.2, -0.15) is 0 Å². The van der Waals surface area contributed by atoms with Crippen molar-refractivity contribution in [1.29, 1.82) is 0 Å². The van der Waals surface area contributed by atoms with Crippen molar-refractivity contribution < 1.29 is 5.11 Å². The molecular formula is C25H32N2O. The lowest BCUT2D eigenvalue weighted by molar-refractivity contribution is -0.0735. The monoisotopic (exact) mass is 376 g/mol. The fourth-order valence-corrected chi connectivity index (χ4v) is 6.72. The number of anilines is 2. The predicted molar refractivity (Wildman–Crippen MR) is 116 cm³/mol. The maximum atomic E-state index is 11.0. The van der Waals surface area contributed by atoms with Crippen molar-refractivity contribution in [3.8, 4) is 5.75 Å². The second-order valence-electron chi connectivity index (χ2n) is 9.62. The van der Waals surface area contributed by atoms with Gasteiger partial charge in [0.15, 0.2) is 0 Å². The summed E-state index contributed by atoms with van der Waals surface area (Å²) in [4.78, 5) is 2.60. The Labute approximate surface area is 168 Å². The van der Waals surface area contributed by atoms with E-state index in [1.165, 1.54) is 55.3 Å². The molecule has 0 radical (unpaired) electrons. The van der Waals surface area contributed by atoms with Crippen molar-refractivity contribution in [2.24, 2.45) is 5.41 Å². The second-order valence-corrected chi connectivity index (χ2v) is 9.62. The van der Waals surface area contributed by atoms with Crippen molar-refractivity contribution in [2.75, 3.05) is 18.9 Å². The molecule has 1 heterocycles. The average molecular weight is 377 g/mol. The number of piperidine rings is 1. The molecular weight excluding hydrogens is 344 g/mol. The lowest BCUT2D eigenvalue weighted by atomic mass is 9.45. The van der Waals surface area contributed by atoms with Crippen molar-refractivity contribution >= 4 is 11.4 Å². The smallest absolute Gasteiger partial charge is 0.139 e. The first kappa shape index (κ1) is 18.1. The van der Waals surface area contributed by atoms with Crippen molar-refractivity contribution in [3.63, 3.8) is 0 Å². The highest BCUT2D eigenvalue weighted by molar-refractivity contribution is 5.70. The molecule has 2 aromatic rings. The molecule has 28 heavy (non-hydrogen) atoms. The van der Waals surface area contributed by atoms with Gasteiger partial charge in [0.2, 0.25) is 0 Å². The summed E-state index contributed by atoms with van der Waals surface area (Å²) in [7, 11) is 2.31. The molecule has 2 aliphatic carbocycles. The number of hydrogen-bond acceptors (Lipinski definition) is 3. The molecule has 0 aromatic heterocycles. The van der Waals surface area contributed by atoms with Crippen LogP contribution in [0.15, 0.2) is 36.4 Å². The highest BCUT2D eigenvalue weighted by Crippen LogP contribution is 2.63. The van der Waals surface area contributed by atoms with Gasteiger partial charge >= 0.3 is 0 Å². The van der Waals surface area contributed by atoms with E-state index in [0.717, 1.165) is 17.8 Å². The molecule has 0 unspecified atom stereocenters. The van der Waals surface area contributed by atoms with Crippen LogP contribution in [0.3, 0.4) is 0 Å². The minimum absolute atomic E-state index is 0.231. The predicted octanol–water partition coefficient (Wildman–Crippen LogP) is 5.52. The first-order chi connectivity index (χ1) is 13.4. The van der Waals surface area contributed by atoms with Gasteiger partial charge in [0.1, 0.15) is 5.75 Å². The Kier molecular flexibility index (Phi) is 4.03. The van der Waals surface area contributed by atoms with E-state index in [1.807, 2.05) is 12.1 Å². The van der Waals surface area contributed by atoms with Crippen LogP contribution in [0, 0.1) is 12.3 Å². The molecule has 0 amide bonds. The SMILES string of the molecule is Cc1ccccc1Nc1cc2c(cc1O)[C@]13CCCC[C@]1(C)[C@H](C2)N(C)CC3. The third-order valence-electron chi connectivity index (χ3n) is 8.37. The molecule has 5 rings (SSSR count). The van der Waals surface area contributed by atoms with Crippen molar-refractivity contribution in [2.45, 2.75) is 63.8 Å². The summed E-state index contributed by atoms with van der Waals surface area (Å²) in [5, 5.41) is 14.4. The zero-order valence-corrected chi connectivity index (χ0v) is 17.4. The average Bonchev–Trinajstić information content (AvgIpc) is 2.68. The molecule has 0 spiro atoms. The maximum Gasteiger partial charge on any atom is 0.139 e. The van der Waals surface area contributed by atoms with Crippen LogP contribution in [0.1, 0.15) is 55.7 Å². The van der Waals surface area contributed by atoms with E-state index in [9.17, 15) is 5.11 Å². The van der Waals surface area contributed by atoms with Crippen LogP contribution in [-0.4, -0.2) is 29.6 Å². The highest BCUT2D eigenvalue weighted by Gasteiger charge is 2.60. The number of fused-ring (bicyclic) bond motifs is 1. The minimum atomic E-state index is 0.231. The lowest BCUT2D eigenvalue weighted by Crippen LogP contribution is -2.66. The first-order valence-electron chi connectivity index (χ1n) is 10.8. The normalized spacial score (nSPS) is 31.8. The van der Waals surface area contributed by atoms with Crippen LogP contribution in [0.5, 0.6) is 5.75 Å². The third kappa shape index (κ3) is 2.38. The topological polar surface area (TPSA) is 35.5 Å². The van der Waals surface area contributed by atoms with Gasteiger partial charge in [-0.05, 0) is 86.5 Å². The molecule has 2 N–H and O–H groups in total. The number of aryl methyl sites for hydroxylation is 1. The summed E-state index contributed by atoms with van der Waals surface area (Å²) in [6, 6.07) is 13.2. The number of rotatable bonds is 2. The van der Waals surface area contributed by atoms with E-state index in [2.05, 4.69) is 55.4 Å². The third-order valence-corrected chi connectivity index (χ3v) is 8.37. The van der Waals surface area contributed by atoms with Crippen LogP contribution in [0.25, 0.3) is 0 Å². The Morgan fingerprint density at radius 2 is 1.86 bits per heavy atom. The van der Waals surface area contributed by atoms with Crippen LogP contribution < -0.4 is 5.32 Å². The lowest BCUT2D eigenvalue weighted by Gasteiger charge is -2.65. The van der Waals surface area contributed by atoms with Crippen molar-refractivity contribution in [1.82, 2.24) is 4.90 Å². The Hall–Kier alpha value is -2.00. The molecule has 2 aromatic carbocycles. The van der Waals surface area contributed by atoms with E-state index in [0.29, 0.717) is 17.2 Å². The summed E-state index contributed by atoms with van der Waals surface area (Å²) >= 11 is 0.